The highest BCUT2D eigenvalue weighted by Gasteiger charge is 2.38. The van der Waals surface area contributed by atoms with Crippen molar-refractivity contribution in [1.29, 1.82) is 0 Å². The Balaban J connectivity index is 0.00000125. The van der Waals surface area contributed by atoms with E-state index in [1.807, 2.05) is 52.0 Å². The molecule has 2 heterocycles. The highest BCUT2D eigenvalue weighted by atomic mass is 16.1. The van der Waals surface area contributed by atoms with Crippen molar-refractivity contribution in [1.82, 2.24) is 9.80 Å². The molecule has 1 unspecified atom stereocenters. The smallest absolute Gasteiger partial charge is 0.191 e. The average Bonchev–Trinajstić information content (AvgIpc) is 3.28. The first kappa shape index (κ1) is 34.9. The third-order valence-corrected chi connectivity index (χ3v) is 7.74. The second-order valence-corrected chi connectivity index (χ2v) is 9.91. The van der Waals surface area contributed by atoms with Gasteiger partial charge in [0.05, 0.1) is 6.04 Å². The summed E-state index contributed by atoms with van der Waals surface area (Å²) in [6, 6.07) is 14.8. The molecule has 0 N–H and O–H groups in total. The van der Waals surface area contributed by atoms with Gasteiger partial charge in [-0.3, -0.25) is 4.79 Å². The van der Waals surface area contributed by atoms with E-state index < -0.39 is 0 Å². The predicted molar refractivity (Wildman–Crippen MR) is 175 cm³/mol. The normalized spacial score (nSPS) is 16.7. The zero-order valence-electron chi connectivity index (χ0n) is 26.6. The Kier molecular flexibility index (Phi) is 16.0. The van der Waals surface area contributed by atoms with Gasteiger partial charge in [0.2, 0.25) is 0 Å². The molecule has 218 valence electrons. The summed E-state index contributed by atoms with van der Waals surface area (Å²) >= 11 is 0. The van der Waals surface area contributed by atoms with Crippen LogP contribution in [0.25, 0.3) is 0 Å². The monoisotopic (exact) mass is 542 g/mol. The van der Waals surface area contributed by atoms with Crippen LogP contribution >= 0.6 is 0 Å². The van der Waals surface area contributed by atoms with Gasteiger partial charge in [0, 0.05) is 29.9 Å². The van der Waals surface area contributed by atoms with Crippen molar-refractivity contribution in [2.45, 2.75) is 93.5 Å². The molecule has 2 aromatic carbocycles. The van der Waals surface area contributed by atoms with E-state index in [0.717, 1.165) is 48.3 Å². The van der Waals surface area contributed by atoms with Gasteiger partial charge in [-0.05, 0) is 74.9 Å². The number of ketones is 1. The lowest BCUT2D eigenvalue weighted by molar-refractivity contribution is 0.101. The number of Topliss-reactive ketones (excluding diaryl/α,β-unsaturated/α-hetero) is 1. The lowest BCUT2D eigenvalue weighted by atomic mass is 9.89. The molecular formula is C37H54N2O. The maximum atomic E-state index is 13.9. The molecule has 0 saturated carbocycles. The minimum absolute atomic E-state index is 0.0812. The first-order valence-corrected chi connectivity index (χ1v) is 15.4. The number of hydrogen-bond donors (Lipinski definition) is 0. The Morgan fingerprint density at radius 1 is 0.850 bits per heavy atom. The van der Waals surface area contributed by atoms with Gasteiger partial charge in [-0.1, -0.05) is 103 Å². The molecule has 2 aromatic rings. The Morgan fingerprint density at radius 3 is 1.98 bits per heavy atom. The number of piperidine rings is 1. The minimum Gasteiger partial charge on any atom is -0.359 e. The summed E-state index contributed by atoms with van der Waals surface area (Å²) in [5, 5.41) is 0. The van der Waals surface area contributed by atoms with Crippen LogP contribution in [0.5, 0.6) is 0 Å². The van der Waals surface area contributed by atoms with E-state index in [0.29, 0.717) is 0 Å². The molecule has 2 aliphatic heterocycles. The topological polar surface area (TPSA) is 23.6 Å². The average molecular weight is 543 g/mol. The summed E-state index contributed by atoms with van der Waals surface area (Å²) < 4.78 is 0. The second kappa shape index (κ2) is 18.3. The van der Waals surface area contributed by atoms with E-state index in [2.05, 4.69) is 75.1 Å². The molecular weight excluding hydrogens is 488 g/mol. The van der Waals surface area contributed by atoms with E-state index in [-0.39, 0.29) is 11.8 Å². The van der Waals surface area contributed by atoms with Crippen molar-refractivity contribution >= 4 is 5.78 Å². The summed E-state index contributed by atoms with van der Waals surface area (Å²) in [5.74, 6) is 0.127. The number of likely N-dealkylation sites (tertiary alicyclic amines) is 1. The fourth-order valence-corrected chi connectivity index (χ4v) is 5.58. The van der Waals surface area contributed by atoms with Gasteiger partial charge in [0.25, 0.3) is 0 Å². The number of carbonyl (C=O) groups is 1. The van der Waals surface area contributed by atoms with Crippen molar-refractivity contribution in [2.24, 2.45) is 0 Å². The van der Waals surface area contributed by atoms with Gasteiger partial charge in [-0.25, -0.2) is 0 Å². The molecule has 40 heavy (non-hydrogen) atoms. The largest absolute Gasteiger partial charge is 0.359 e. The lowest BCUT2D eigenvalue weighted by Gasteiger charge is -2.34. The van der Waals surface area contributed by atoms with Crippen LogP contribution in [0.3, 0.4) is 0 Å². The Hall–Kier alpha value is -3.09. The van der Waals surface area contributed by atoms with Crippen LogP contribution in [-0.2, 0) is 12.8 Å². The van der Waals surface area contributed by atoms with Crippen molar-refractivity contribution in [2.75, 3.05) is 26.2 Å². The van der Waals surface area contributed by atoms with Crippen LogP contribution in [0.4, 0.5) is 0 Å². The third-order valence-electron chi connectivity index (χ3n) is 7.74. The van der Waals surface area contributed by atoms with E-state index in [9.17, 15) is 4.79 Å². The molecule has 4 rings (SSSR count). The number of carbonyl (C=O) groups excluding carboxylic acids is 1. The van der Waals surface area contributed by atoms with E-state index in [1.165, 1.54) is 54.6 Å². The number of aryl methyl sites for hydroxylation is 3. The highest BCUT2D eigenvalue weighted by Crippen LogP contribution is 2.44. The molecule has 3 heteroatoms. The molecule has 0 radical (unpaired) electrons. The number of nitrogens with zero attached hydrogens (tertiary/aromatic N) is 2. The zero-order chi connectivity index (χ0) is 30.2. The summed E-state index contributed by atoms with van der Waals surface area (Å²) in [7, 11) is 0. The summed E-state index contributed by atoms with van der Waals surface area (Å²) in [5.41, 5.74) is 8.84. The molecule has 0 aromatic heterocycles. The van der Waals surface area contributed by atoms with Gasteiger partial charge >= 0.3 is 0 Å². The Labute approximate surface area is 246 Å². The lowest BCUT2D eigenvalue weighted by Crippen LogP contribution is -2.38. The van der Waals surface area contributed by atoms with Crippen molar-refractivity contribution in [3.63, 3.8) is 0 Å². The van der Waals surface area contributed by atoms with Crippen LogP contribution < -0.4 is 0 Å². The van der Waals surface area contributed by atoms with Crippen molar-refractivity contribution < 1.29 is 4.79 Å². The predicted octanol–water partition coefficient (Wildman–Crippen LogP) is 8.98. The van der Waals surface area contributed by atoms with Gasteiger partial charge < -0.3 is 9.80 Å². The van der Waals surface area contributed by atoms with Gasteiger partial charge in [-0.15, -0.1) is 12.8 Å². The van der Waals surface area contributed by atoms with Crippen LogP contribution in [0.15, 0.2) is 65.9 Å². The molecule has 1 fully saturated rings. The first-order chi connectivity index (χ1) is 19.4. The number of allylic oxidation sites excluding steroid dienone is 1. The van der Waals surface area contributed by atoms with E-state index >= 15 is 0 Å². The number of terminal acetylenes is 1. The fraction of sp³-hybridized carbons (Fsp3) is 0.486. The molecule has 3 nitrogen and oxygen atoms in total. The van der Waals surface area contributed by atoms with E-state index in [1.54, 1.807) is 0 Å². The van der Waals surface area contributed by atoms with Crippen molar-refractivity contribution in [3.8, 4) is 12.8 Å². The Bertz CT molecular complexity index is 1120. The quantitative estimate of drug-likeness (QED) is 0.246. The SMILES string of the molecule is C#C.C=C1C(C)=C(C(=O)c2ccc(C)cc2)C(c2ccc(CC)c(CC)c2)N1CCN1CCCCC1.CC.CC. The van der Waals surface area contributed by atoms with Crippen molar-refractivity contribution in [3.05, 3.63) is 93.7 Å². The maximum Gasteiger partial charge on any atom is 0.191 e. The van der Waals surface area contributed by atoms with Crippen LogP contribution in [0, 0.1) is 19.8 Å². The van der Waals surface area contributed by atoms with E-state index in [4.69, 9.17) is 0 Å². The molecule has 0 amide bonds. The van der Waals surface area contributed by atoms with Crippen LogP contribution in [0.1, 0.15) is 106 Å². The first-order valence-electron chi connectivity index (χ1n) is 15.4. The van der Waals surface area contributed by atoms with Gasteiger partial charge in [-0.2, -0.15) is 0 Å². The van der Waals surface area contributed by atoms with Gasteiger partial charge in [0.1, 0.15) is 0 Å². The molecule has 0 aliphatic carbocycles. The second-order valence-electron chi connectivity index (χ2n) is 9.91. The highest BCUT2D eigenvalue weighted by molar-refractivity contribution is 6.11. The van der Waals surface area contributed by atoms with Crippen LogP contribution in [0.2, 0.25) is 0 Å². The van der Waals surface area contributed by atoms with Gasteiger partial charge in [0.15, 0.2) is 5.78 Å². The number of hydrogen-bond acceptors (Lipinski definition) is 3. The molecule has 1 saturated heterocycles. The molecule has 1 atom stereocenters. The molecule has 2 aliphatic rings. The molecule has 0 spiro atoms. The summed E-state index contributed by atoms with van der Waals surface area (Å²) in [4.78, 5) is 18.9. The summed E-state index contributed by atoms with van der Waals surface area (Å²) in [6.45, 7) is 25.3. The maximum absolute atomic E-state index is 13.9. The minimum atomic E-state index is -0.0812. The Morgan fingerprint density at radius 2 is 1.43 bits per heavy atom. The molecule has 0 bridgehead atoms. The zero-order valence-corrected chi connectivity index (χ0v) is 26.6. The number of rotatable bonds is 8. The summed E-state index contributed by atoms with van der Waals surface area (Å²) in [6.07, 6.45) is 14.0. The third kappa shape index (κ3) is 8.45. The fourth-order valence-electron chi connectivity index (χ4n) is 5.58. The standard InChI is InChI=1S/C31H40N2O.2C2H6.C2H2/c1-6-25-15-16-28(21-26(25)7-2)30-29(31(34)27-13-11-22(3)12-14-27)23(4)24(5)33(30)20-19-32-17-9-8-10-18-32;3*1-2/h11-16,21,30H,5-10,17-20H2,1-4H3;2*1-2H3;1-2H. The van der Waals surface area contributed by atoms with Crippen LogP contribution in [-0.4, -0.2) is 41.8 Å². The number of benzene rings is 2.